The molecule has 122 valence electrons. The Morgan fingerprint density at radius 1 is 1.08 bits per heavy atom. The van der Waals surface area contributed by atoms with Gasteiger partial charge in [0.2, 0.25) is 0 Å². The van der Waals surface area contributed by atoms with Crippen LogP contribution < -0.4 is 16.1 Å². The number of hydrogen-bond acceptors (Lipinski definition) is 3. The highest BCUT2D eigenvalue weighted by Crippen LogP contribution is 2.34. The van der Waals surface area contributed by atoms with Crippen molar-refractivity contribution >= 4 is 27.7 Å². The van der Waals surface area contributed by atoms with Crippen molar-refractivity contribution in [2.45, 2.75) is 12.5 Å². The van der Waals surface area contributed by atoms with E-state index >= 15 is 0 Å². The van der Waals surface area contributed by atoms with Crippen LogP contribution >= 0.6 is 0 Å². The molecule has 2 atom stereocenters. The standard InChI is InChI=1S/C19H20N4O/c20-19(24)15-6-3-5-14-13-4-1-2-7-17(13)23(18(14)15)22-10-12-8-9-21-16(12)11-22/h1-7,12,16,21H,8-11H2,(H2,20,24). The molecule has 2 unspecified atom stereocenters. The summed E-state index contributed by atoms with van der Waals surface area (Å²) >= 11 is 0. The summed E-state index contributed by atoms with van der Waals surface area (Å²) in [6, 6.07) is 14.7. The molecule has 24 heavy (non-hydrogen) atoms. The predicted octanol–water partition coefficient (Wildman–Crippen LogP) is 1.82. The molecule has 0 bridgehead atoms. The van der Waals surface area contributed by atoms with Gasteiger partial charge in [0, 0.05) is 23.4 Å². The number of aromatic nitrogens is 1. The maximum atomic E-state index is 12.0. The SMILES string of the molecule is NC(=O)c1cccc2c3ccccc3n(N3CC4CCNC4C3)c12. The topological polar surface area (TPSA) is 63.3 Å². The van der Waals surface area contributed by atoms with Gasteiger partial charge >= 0.3 is 0 Å². The summed E-state index contributed by atoms with van der Waals surface area (Å²) in [6.45, 7) is 3.09. The summed E-state index contributed by atoms with van der Waals surface area (Å²) in [5, 5.41) is 8.23. The lowest BCUT2D eigenvalue weighted by Crippen LogP contribution is -2.36. The summed E-state index contributed by atoms with van der Waals surface area (Å²) in [6.07, 6.45) is 1.22. The predicted molar refractivity (Wildman–Crippen MR) is 95.8 cm³/mol. The van der Waals surface area contributed by atoms with Crippen LogP contribution in [0.2, 0.25) is 0 Å². The highest BCUT2D eigenvalue weighted by Gasteiger charge is 2.37. The molecule has 2 fully saturated rings. The van der Waals surface area contributed by atoms with Crippen LogP contribution in [0.25, 0.3) is 21.8 Å². The minimum atomic E-state index is -0.373. The molecule has 2 aliphatic rings. The number of hydrogen-bond donors (Lipinski definition) is 2. The zero-order valence-electron chi connectivity index (χ0n) is 13.4. The van der Waals surface area contributed by atoms with Crippen molar-refractivity contribution in [3.63, 3.8) is 0 Å². The first-order valence-electron chi connectivity index (χ1n) is 8.54. The molecule has 3 aromatic rings. The van der Waals surface area contributed by atoms with E-state index in [1.807, 2.05) is 18.2 Å². The van der Waals surface area contributed by atoms with Gasteiger partial charge in [-0.1, -0.05) is 30.3 Å². The van der Waals surface area contributed by atoms with E-state index in [9.17, 15) is 4.79 Å². The van der Waals surface area contributed by atoms with E-state index in [1.54, 1.807) is 0 Å². The Kier molecular flexibility index (Phi) is 2.88. The number of primary amides is 1. The van der Waals surface area contributed by atoms with Crippen molar-refractivity contribution in [2.75, 3.05) is 24.6 Å². The average molecular weight is 320 g/mol. The average Bonchev–Trinajstić information content (AvgIpc) is 3.24. The van der Waals surface area contributed by atoms with Gasteiger partial charge in [0.1, 0.15) is 0 Å². The molecule has 1 aromatic heterocycles. The van der Waals surface area contributed by atoms with Gasteiger partial charge in [-0.05, 0) is 31.0 Å². The number of carbonyl (C=O) groups is 1. The summed E-state index contributed by atoms with van der Waals surface area (Å²) in [4.78, 5) is 12.0. The van der Waals surface area contributed by atoms with E-state index in [0.29, 0.717) is 17.5 Å². The van der Waals surface area contributed by atoms with Crippen LogP contribution in [0.1, 0.15) is 16.8 Å². The highest BCUT2D eigenvalue weighted by molar-refractivity contribution is 6.15. The van der Waals surface area contributed by atoms with Gasteiger partial charge in [0.25, 0.3) is 5.91 Å². The zero-order chi connectivity index (χ0) is 16.3. The third-order valence-corrected chi connectivity index (χ3v) is 5.56. The third kappa shape index (κ3) is 1.82. The van der Waals surface area contributed by atoms with Crippen LogP contribution in [0.3, 0.4) is 0 Å². The molecule has 0 radical (unpaired) electrons. The van der Waals surface area contributed by atoms with Crippen LogP contribution in [-0.2, 0) is 0 Å². The Balaban J connectivity index is 1.80. The third-order valence-electron chi connectivity index (χ3n) is 5.56. The van der Waals surface area contributed by atoms with Crippen LogP contribution in [0.4, 0.5) is 0 Å². The number of benzene rings is 2. The second-order valence-electron chi connectivity index (χ2n) is 6.88. The van der Waals surface area contributed by atoms with Crippen molar-refractivity contribution in [3.8, 4) is 0 Å². The first kappa shape index (κ1) is 13.9. The molecule has 0 aliphatic carbocycles. The second-order valence-corrected chi connectivity index (χ2v) is 6.88. The quantitative estimate of drug-likeness (QED) is 0.757. The molecule has 5 nitrogen and oxygen atoms in total. The second kappa shape index (κ2) is 4.98. The molecule has 0 spiro atoms. The number of rotatable bonds is 2. The fraction of sp³-hybridized carbons (Fsp3) is 0.316. The Morgan fingerprint density at radius 2 is 1.92 bits per heavy atom. The van der Waals surface area contributed by atoms with E-state index < -0.39 is 0 Å². The van der Waals surface area contributed by atoms with Gasteiger partial charge in [0.15, 0.2) is 0 Å². The number of nitrogens with zero attached hydrogens (tertiary/aromatic N) is 2. The molecule has 2 saturated heterocycles. The molecule has 2 aliphatic heterocycles. The first-order valence-corrected chi connectivity index (χ1v) is 8.54. The lowest BCUT2D eigenvalue weighted by molar-refractivity contribution is 0.100. The molecule has 3 N–H and O–H groups in total. The molecule has 1 amide bonds. The van der Waals surface area contributed by atoms with E-state index in [-0.39, 0.29) is 5.91 Å². The highest BCUT2D eigenvalue weighted by atomic mass is 16.1. The van der Waals surface area contributed by atoms with E-state index in [2.05, 4.69) is 39.3 Å². The Hall–Kier alpha value is -2.53. The fourth-order valence-electron chi connectivity index (χ4n) is 4.48. The van der Waals surface area contributed by atoms with Crippen LogP contribution in [0, 0.1) is 5.92 Å². The minimum absolute atomic E-state index is 0.373. The number of para-hydroxylation sites is 2. The molecular weight excluding hydrogens is 300 g/mol. The van der Waals surface area contributed by atoms with E-state index in [4.69, 9.17) is 5.73 Å². The largest absolute Gasteiger partial charge is 0.366 e. The number of nitrogens with one attached hydrogen (secondary N) is 1. The fourth-order valence-corrected chi connectivity index (χ4v) is 4.48. The summed E-state index contributed by atoms with van der Waals surface area (Å²) in [5.41, 5.74) is 8.35. The number of nitrogens with two attached hydrogens (primary N) is 1. The summed E-state index contributed by atoms with van der Waals surface area (Å²) < 4.78 is 2.23. The van der Waals surface area contributed by atoms with Crippen LogP contribution in [0.15, 0.2) is 42.5 Å². The van der Waals surface area contributed by atoms with Crippen LogP contribution in [-0.4, -0.2) is 36.3 Å². The van der Waals surface area contributed by atoms with Crippen molar-refractivity contribution in [2.24, 2.45) is 11.7 Å². The number of carbonyl (C=O) groups excluding carboxylic acids is 1. The van der Waals surface area contributed by atoms with Crippen molar-refractivity contribution in [1.29, 1.82) is 0 Å². The maximum Gasteiger partial charge on any atom is 0.250 e. The minimum Gasteiger partial charge on any atom is -0.366 e. The Bertz CT molecular complexity index is 949. The zero-order valence-corrected chi connectivity index (χ0v) is 13.4. The molecule has 5 rings (SSSR count). The lowest BCUT2D eigenvalue weighted by Gasteiger charge is -2.24. The molecule has 5 heteroatoms. The van der Waals surface area contributed by atoms with Crippen molar-refractivity contribution in [3.05, 3.63) is 48.0 Å². The van der Waals surface area contributed by atoms with Gasteiger partial charge in [0.05, 0.1) is 23.1 Å². The van der Waals surface area contributed by atoms with Crippen molar-refractivity contribution < 1.29 is 4.79 Å². The molecule has 2 aromatic carbocycles. The lowest BCUT2D eigenvalue weighted by atomic mass is 10.1. The van der Waals surface area contributed by atoms with Gasteiger partial charge in [-0.25, -0.2) is 0 Å². The Labute approximate surface area is 140 Å². The van der Waals surface area contributed by atoms with Crippen molar-refractivity contribution in [1.82, 2.24) is 9.99 Å². The van der Waals surface area contributed by atoms with E-state index in [1.165, 1.54) is 11.8 Å². The first-order chi connectivity index (χ1) is 11.7. The smallest absolute Gasteiger partial charge is 0.250 e. The summed E-state index contributed by atoms with van der Waals surface area (Å²) in [5.74, 6) is 0.309. The van der Waals surface area contributed by atoms with Gasteiger partial charge in [-0.3, -0.25) is 9.47 Å². The van der Waals surface area contributed by atoms with Gasteiger partial charge < -0.3 is 16.1 Å². The maximum absolute atomic E-state index is 12.0. The Morgan fingerprint density at radius 3 is 2.75 bits per heavy atom. The van der Waals surface area contributed by atoms with Gasteiger partial charge in [-0.15, -0.1) is 0 Å². The normalized spacial score (nSPS) is 23.2. The molecular formula is C19H20N4O. The molecule has 3 heterocycles. The summed E-state index contributed by atoms with van der Waals surface area (Å²) in [7, 11) is 0. The molecule has 0 saturated carbocycles. The van der Waals surface area contributed by atoms with E-state index in [0.717, 1.165) is 36.1 Å². The van der Waals surface area contributed by atoms with Crippen LogP contribution in [0.5, 0.6) is 0 Å². The number of fused-ring (bicyclic) bond motifs is 4. The monoisotopic (exact) mass is 320 g/mol. The number of amides is 1. The van der Waals surface area contributed by atoms with Gasteiger partial charge in [-0.2, -0.15) is 0 Å².